The van der Waals surface area contributed by atoms with Gasteiger partial charge in [-0.15, -0.1) is 10.2 Å². The van der Waals surface area contributed by atoms with Gasteiger partial charge in [-0.25, -0.2) is 4.79 Å². The number of nitrogens with zero attached hydrogens (tertiary/aromatic N) is 4. The summed E-state index contributed by atoms with van der Waals surface area (Å²) in [7, 11) is 0. The van der Waals surface area contributed by atoms with Crippen molar-refractivity contribution >= 4 is 11.7 Å². The van der Waals surface area contributed by atoms with Gasteiger partial charge >= 0.3 is 6.03 Å². The van der Waals surface area contributed by atoms with Gasteiger partial charge in [-0.05, 0) is 37.8 Å². The van der Waals surface area contributed by atoms with Gasteiger partial charge in [0, 0.05) is 24.7 Å². The molecule has 0 saturated carbocycles. The third-order valence-corrected chi connectivity index (χ3v) is 5.01. The van der Waals surface area contributed by atoms with Gasteiger partial charge in [-0.2, -0.15) is 0 Å². The maximum Gasteiger partial charge on any atom is 0.322 e. The Labute approximate surface area is 141 Å². The number of hydrogen-bond acceptors (Lipinski definition) is 3. The SMILES string of the molecule is C[C@@H]1Cc2ccccc2N1C(=O)NCc1nnc2n1CCCCC2. The van der Waals surface area contributed by atoms with Crippen LogP contribution in [0.4, 0.5) is 10.5 Å². The Morgan fingerprint density at radius 2 is 2.12 bits per heavy atom. The van der Waals surface area contributed by atoms with Crippen LogP contribution in [-0.2, 0) is 25.9 Å². The molecule has 4 rings (SSSR count). The Balaban J connectivity index is 1.47. The van der Waals surface area contributed by atoms with Crippen molar-refractivity contribution in [1.29, 1.82) is 0 Å². The van der Waals surface area contributed by atoms with Gasteiger partial charge < -0.3 is 9.88 Å². The Morgan fingerprint density at radius 1 is 1.25 bits per heavy atom. The number of fused-ring (bicyclic) bond motifs is 2. The fourth-order valence-corrected chi connectivity index (χ4v) is 3.79. The summed E-state index contributed by atoms with van der Waals surface area (Å²) in [6, 6.07) is 8.24. The summed E-state index contributed by atoms with van der Waals surface area (Å²) in [4.78, 5) is 14.6. The van der Waals surface area contributed by atoms with Gasteiger partial charge in [0.1, 0.15) is 5.82 Å². The standard InChI is InChI=1S/C18H23N5O/c1-13-11-14-7-4-5-8-15(14)23(13)18(24)19-12-17-21-20-16-9-3-2-6-10-22(16)17/h4-5,7-8,13H,2-3,6,9-12H2,1H3,(H,19,24)/t13-/m1/s1. The summed E-state index contributed by atoms with van der Waals surface area (Å²) in [6.07, 6.45) is 5.45. The lowest BCUT2D eigenvalue weighted by molar-refractivity contribution is 0.244. The number of nitrogens with one attached hydrogen (secondary N) is 1. The van der Waals surface area contributed by atoms with Crippen molar-refractivity contribution in [2.45, 2.75) is 58.2 Å². The second-order valence-corrected chi connectivity index (χ2v) is 6.71. The molecule has 0 fully saturated rings. The summed E-state index contributed by atoms with van der Waals surface area (Å²) in [5.41, 5.74) is 2.25. The molecule has 6 heteroatoms. The zero-order valence-electron chi connectivity index (χ0n) is 14.0. The van der Waals surface area contributed by atoms with Crippen molar-refractivity contribution in [2.75, 3.05) is 4.90 Å². The van der Waals surface area contributed by atoms with Crippen LogP contribution in [0.25, 0.3) is 0 Å². The molecule has 0 radical (unpaired) electrons. The van der Waals surface area contributed by atoms with E-state index in [4.69, 9.17) is 0 Å². The number of carbonyl (C=O) groups is 1. The van der Waals surface area contributed by atoms with Crippen LogP contribution in [0.1, 0.15) is 43.4 Å². The van der Waals surface area contributed by atoms with E-state index in [1.807, 2.05) is 23.1 Å². The normalized spacial score (nSPS) is 19.5. The molecular formula is C18H23N5O. The summed E-state index contributed by atoms with van der Waals surface area (Å²) in [6.45, 7) is 3.47. The van der Waals surface area contributed by atoms with Crippen LogP contribution in [0, 0.1) is 0 Å². The molecular weight excluding hydrogens is 302 g/mol. The molecule has 0 spiro atoms. The van der Waals surface area contributed by atoms with Crippen molar-refractivity contribution in [3.05, 3.63) is 41.5 Å². The van der Waals surface area contributed by atoms with E-state index in [1.165, 1.54) is 18.4 Å². The number of para-hydroxylation sites is 1. The van der Waals surface area contributed by atoms with Crippen molar-refractivity contribution in [1.82, 2.24) is 20.1 Å². The van der Waals surface area contributed by atoms with E-state index in [2.05, 4.69) is 33.1 Å². The fraction of sp³-hybridized carbons (Fsp3) is 0.500. The first-order chi connectivity index (χ1) is 11.7. The molecule has 0 unspecified atom stereocenters. The molecule has 1 atom stereocenters. The molecule has 1 N–H and O–H groups in total. The number of benzene rings is 1. The van der Waals surface area contributed by atoms with E-state index in [9.17, 15) is 4.79 Å². The third kappa shape index (κ3) is 2.66. The zero-order chi connectivity index (χ0) is 16.5. The van der Waals surface area contributed by atoms with E-state index < -0.39 is 0 Å². The van der Waals surface area contributed by atoms with Crippen molar-refractivity contribution in [2.24, 2.45) is 0 Å². The Bertz CT molecular complexity index is 754. The lowest BCUT2D eigenvalue weighted by atomic mass is 10.1. The molecule has 2 aliphatic rings. The van der Waals surface area contributed by atoms with Gasteiger partial charge in [-0.1, -0.05) is 24.6 Å². The molecule has 0 bridgehead atoms. The minimum Gasteiger partial charge on any atom is -0.330 e. The van der Waals surface area contributed by atoms with Gasteiger partial charge in [-0.3, -0.25) is 4.90 Å². The van der Waals surface area contributed by atoms with Crippen LogP contribution in [0.2, 0.25) is 0 Å². The molecule has 2 amide bonds. The zero-order valence-corrected chi connectivity index (χ0v) is 14.0. The van der Waals surface area contributed by atoms with Crippen LogP contribution >= 0.6 is 0 Å². The number of aryl methyl sites for hydroxylation is 1. The summed E-state index contributed by atoms with van der Waals surface area (Å²) < 4.78 is 2.18. The van der Waals surface area contributed by atoms with Crippen LogP contribution in [0.5, 0.6) is 0 Å². The molecule has 1 aromatic heterocycles. The first kappa shape index (κ1) is 15.2. The van der Waals surface area contributed by atoms with Crippen molar-refractivity contribution in [3.63, 3.8) is 0 Å². The largest absolute Gasteiger partial charge is 0.330 e. The van der Waals surface area contributed by atoms with Crippen LogP contribution < -0.4 is 10.2 Å². The van der Waals surface area contributed by atoms with Crippen LogP contribution in [-0.4, -0.2) is 26.8 Å². The first-order valence-electron chi connectivity index (χ1n) is 8.80. The molecule has 126 valence electrons. The monoisotopic (exact) mass is 325 g/mol. The van der Waals surface area contributed by atoms with Crippen LogP contribution in [0.15, 0.2) is 24.3 Å². The number of urea groups is 1. The van der Waals surface area contributed by atoms with Gasteiger partial charge in [0.25, 0.3) is 0 Å². The Kier molecular flexibility index (Phi) is 3.96. The average Bonchev–Trinajstić information content (AvgIpc) is 3.03. The molecule has 24 heavy (non-hydrogen) atoms. The minimum atomic E-state index is -0.0570. The predicted octanol–water partition coefficient (Wildman–Crippen LogP) is 2.67. The summed E-state index contributed by atoms with van der Waals surface area (Å²) in [5, 5.41) is 11.6. The summed E-state index contributed by atoms with van der Waals surface area (Å²) >= 11 is 0. The number of carbonyl (C=O) groups excluding carboxylic acids is 1. The third-order valence-electron chi connectivity index (χ3n) is 5.01. The number of rotatable bonds is 2. The highest BCUT2D eigenvalue weighted by atomic mass is 16.2. The van der Waals surface area contributed by atoms with E-state index in [0.29, 0.717) is 6.54 Å². The van der Waals surface area contributed by atoms with E-state index in [-0.39, 0.29) is 12.1 Å². The average molecular weight is 325 g/mol. The molecule has 2 aliphatic heterocycles. The Morgan fingerprint density at radius 3 is 3.04 bits per heavy atom. The van der Waals surface area contributed by atoms with Crippen LogP contribution in [0.3, 0.4) is 0 Å². The topological polar surface area (TPSA) is 63.1 Å². The van der Waals surface area contributed by atoms with E-state index in [1.54, 1.807) is 0 Å². The maximum absolute atomic E-state index is 12.7. The molecule has 2 aromatic rings. The van der Waals surface area contributed by atoms with Crippen molar-refractivity contribution in [3.8, 4) is 0 Å². The van der Waals surface area contributed by atoms with E-state index in [0.717, 1.165) is 43.1 Å². The number of anilines is 1. The van der Waals surface area contributed by atoms with Gasteiger partial charge in [0.2, 0.25) is 0 Å². The first-order valence-corrected chi connectivity index (χ1v) is 8.80. The fourth-order valence-electron chi connectivity index (χ4n) is 3.79. The molecule has 1 aromatic carbocycles. The lowest BCUT2D eigenvalue weighted by Gasteiger charge is -2.23. The number of amides is 2. The highest BCUT2D eigenvalue weighted by molar-refractivity contribution is 5.94. The number of hydrogen-bond donors (Lipinski definition) is 1. The van der Waals surface area contributed by atoms with Crippen molar-refractivity contribution < 1.29 is 4.79 Å². The minimum absolute atomic E-state index is 0.0570. The van der Waals surface area contributed by atoms with E-state index >= 15 is 0 Å². The predicted molar refractivity (Wildman–Crippen MR) is 91.9 cm³/mol. The maximum atomic E-state index is 12.7. The molecule has 6 nitrogen and oxygen atoms in total. The second kappa shape index (κ2) is 6.26. The molecule has 3 heterocycles. The highest BCUT2D eigenvalue weighted by Gasteiger charge is 2.30. The second-order valence-electron chi connectivity index (χ2n) is 6.71. The quantitative estimate of drug-likeness (QED) is 0.923. The Hall–Kier alpha value is -2.37. The smallest absolute Gasteiger partial charge is 0.322 e. The highest BCUT2D eigenvalue weighted by Crippen LogP contribution is 2.31. The van der Waals surface area contributed by atoms with Gasteiger partial charge in [0.05, 0.1) is 6.54 Å². The van der Waals surface area contributed by atoms with Gasteiger partial charge in [0.15, 0.2) is 5.82 Å². The lowest BCUT2D eigenvalue weighted by Crippen LogP contribution is -2.43. The summed E-state index contributed by atoms with van der Waals surface area (Å²) in [5.74, 6) is 1.91. The molecule has 0 aliphatic carbocycles. The number of aromatic nitrogens is 3. The molecule has 0 saturated heterocycles.